The summed E-state index contributed by atoms with van der Waals surface area (Å²) in [5.74, 6) is 0.245. The van der Waals surface area contributed by atoms with Crippen LogP contribution in [0.2, 0.25) is 0 Å². The lowest BCUT2D eigenvalue weighted by molar-refractivity contribution is 0.252. The molecule has 0 saturated heterocycles. The Balaban J connectivity index is 1.75. The summed E-state index contributed by atoms with van der Waals surface area (Å²) in [5.41, 5.74) is 1.81. The third-order valence-electron chi connectivity index (χ3n) is 2.74. The number of aromatic hydroxyl groups is 1. The quantitative estimate of drug-likeness (QED) is 0.801. The molecule has 0 aliphatic rings. The highest BCUT2D eigenvalue weighted by atomic mass is 79.9. The molecule has 2 aromatic carbocycles. The first-order chi connectivity index (χ1) is 9.63. The minimum atomic E-state index is -0.230. The zero-order valence-corrected chi connectivity index (χ0v) is 12.4. The smallest absolute Gasteiger partial charge is 0.319 e. The van der Waals surface area contributed by atoms with Crippen molar-refractivity contribution in [2.75, 3.05) is 11.9 Å². The van der Waals surface area contributed by atoms with Gasteiger partial charge in [-0.3, -0.25) is 0 Å². The first-order valence-corrected chi connectivity index (χ1v) is 7.01. The van der Waals surface area contributed by atoms with Crippen LogP contribution in [0, 0.1) is 0 Å². The normalized spacial score (nSPS) is 10.1. The summed E-state index contributed by atoms with van der Waals surface area (Å²) in [6.45, 7) is 0.535. The summed E-state index contributed by atoms with van der Waals surface area (Å²) in [4.78, 5) is 11.7. The van der Waals surface area contributed by atoms with Gasteiger partial charge in [0, 0.05) is 16.7 Å². The van der Waals surface area contributed by atoms with E-state index in [1.165, 1.54) is 0 Å². The number of phenolic OH excluding ortho intramolecular Hbond substituents is 1. The van der Waals surface area contributed by atoms with Crippen LogP contribution in [0.1, 0.15) is 5.56 Å². The van der Waals surface area contributed by atoms with E-state index in [0.717, 1.165) is 15.7 Å². The van der Waals surface area contributed by atoms with E-state index in [1.807, 2.05) is 36.4 Å². The van der Waals surface area contributed by atoms with Crippen LogP contribution in [0.3, 0.4) is 0 Å². The van der Waals surface area contributed by atoms with Crippen molar-refractivity contribution in [2.24, 2.45) is 0 Å². The van der Waals surface area contributed by atoms with Gasteiger partial charge in [0.2, 0.25) is 0 Å². The molecular weight excluding hydrogens is 320 g/mol. The Hall–Kier alpha value is -2.01. The van der Waals surface area contributed by atoms with Crippen LogP contribution in [-0.4, -0.2) is 17.7 Å². The molecule has 0 atom stereocenters. The molecule has 5 heteroatoms. The van der Waals surface area contributed by atoms with Crippen molar-refractivity contribution in [1.29, 1.82) is 0 Å². The summed E-state index contributed by atoms with van der Waals surface area (Å²) < 4.78 is 0.968. The summed E-state index contributed by atoms with van der Waals surface area (Å²) in [6.07, 6.45) is 0.716. The third-order valence-corrected chi connectivity index (χ3v) is 3.27. The fourth-order valence-electron chi connectivity index (χ4n) is 1.69. The van der Waals surface area contributed by atoms with Crippen LogP contribution in [-0.2, 0) is 6.42 Å². The van der Waals surface area contributed by atoms with Crippen LogP contribution in [0.15, 0.2) is 53.0 Å². The van der Waals surface area contributed by atoms with Gasteiger partial charge < -0.3 is 15.7 Å². The molecule has 0 unspecified atom stereocenters. The van der Waals surface area contributed by atoms with Gasteiger partial charge in [-0.05, 0) is 48.4 Å². The highest BCUT2D eigenvalue weighted by Gasteiger charge is 2.01. The lowest BCUT2D eigenvalue weighted by Gasteiger charge is -2.08. The minimum Gasteiger partial charge on any atom is -0.508 e. The van der Waals surface area contributed by atoms with Crippen LogP contribution < -0.4 is 10.6 Å². The van der Waals surface area contributed by atoms with E-state index in [0.29, 0.717) is 13.0 Å². The van der Waals surface area contributed by atoms with Gasteiger partial charge in [0.1, 0.15) is 5.75 Å². The van der Waals surface area contributed by atoms with Crippen molar-refractivity contribution >= 4 is 27.6 Å². The maximum atomic E-state index is 11.7. The fourth-order valence-corrected chi connectivity index (χ4v) is 1.96. The first kappa shape index (κ1) is 14.4. The first-order valence-electron chi connectivity index (χ1n) is 6.22. The maximum Gasteiger partial charge on any atom is 0.319 e. The highest BCUT2D eigenvalue weighted by molar-refractivity contribution is 9.10. The molecule has 0 bridgehead atoms. The Kier molecular flexibility index (Phi) is 5.01. The van der Waals surface area contributed by atoms with Gasteiger partial charge in [-0.2, -0.15) is 0 Å². The fraction of sp³-hybridized carbons (Fsp3) is 0.133. The SMILES string of the molecule is O=C(NCCc1ccc(O)cc1)Nc1ccc(Br)cc1. The number of phenols is 1. The Morgan fingerprint density at radius 3 is 2.35 bits per heavy atom. The lowest BCUT2D eigenvalue weighted by atomic mass is 10.1. The van der Waals surface area contributed by atoms with Gasteiger partial charge in [0.15, 0.2) is 0 Å². The molecule has 3 N–H and O–H groups in total. The number of carbonyl (C=O) groups is 1. The predicted octanol–water partition coefficient (Wildman–Crippen LogP) is 3.52. The van der Waals surface area contributed by atoms with E-state index in [4.69, 9.17) is 0 Å². The molecule has 0 saturated carbocycles. The zero-order valence-electron chi connectivity index (χ0n) is 10.8. The number of rotatable bonds is 4. The Morgan fingerprint density at radius 2 is 1.70 bits per heavy atom. The van der Waals surface area contributed by atoms with Gasteiger partial charge in [-0.25, -0.2) is 4.79 Å². The van der Waals surface area contributed by atoms with Crippen molar-refractivity contribution in [2.45, 2.75) is 6.42 Å². The number of halogens is 1. The average Bonchev–Trinajstić information content (AvgIpc) is 2.44. The molecule has 0 heterocycles. The number of urea groups is 1. The summed E-state index contributed by atoms with van der Waals surface area (Å²) in [5, 5.41) is 14.7. The second kappa shape index (κ2) is 6.96. The zero-order chi connectivity index (χ0) is 14.4. The van der Waals surface area contributed by atoms with E-state index in [1.54, 1.807) is 12.1 Å². The Bertz CT molecular complexity index is 567. The predicted molar refractivity (Wildman–Crippen MR) is 83.0 cm³/mol. The minimum absolute atomic E-state index is 0.230. The molecule has 0 fully saturated rings. The van der Waals surface area contributed by atoms with Gasteiger partial charge in [0.25, 0.3) is 0 Å². The molecule has 2 amide bonds. The molecule has 0 radical (unpaired) electrons. The number of hydrogen-bond acceptors (Lipinski definition) is 2. The molecule has 0 aliphatic heterocycles. The number of amides is 2. The average molecular weight is 335 g/mol. The van der Waals surface area contributed by atoms with Crippen molar-refractivity contribution in [3.63, 3.8) is 0 Å². The highest BCUT2D eigenvalue weighted by Crippen LogP contribution is 2.14. The van der Waals surface area contributed by atoms with Gasteiger partial charge in [0.05, 0.1) is 0 Å². The van der Waals surface area contributed by atoms with Crippen LogP contribution in [0.5, 0.6) is 5.75 Å². The van der Waals surface area contributed by atoms with E-state index in [9.17, 15) is 9.90 Å². The van der Waals surface area contributed by atoms with Crippen LogP contribution >= 0.6 is 15.9 Å². The number of nitrogens with one attached hydrogen (secondary N) is 2. The second-order valence-electron chi connectivity index (χ2n) is 4.30. The second-order valence-corrected chi connectivity index (χ2v) is 5.22. The van der Waals surface area contributed by atoms with E-state index < -0.39 is 0 Å². The Morgan fingerprint density at radius 1 is 1.05 bits per heavy atom. The molecule has 20 heavy (non-hydrogen) atoms. The molecule has 104 valence electrons. The summed E-state index contributed by atoms with van der Waals surface area (Å²) >= 11 is 3.34. The molecule has 0 aliphatic carbocycles. The summed E-state index contributed by atoms with van der Waals surface area (Å²) in [7, 11) is 0. The van der Waals surface area contributed by atoms with Crippen LogP contribution in [0.25, 0.3) is 0 Å². The van der Waals surface area contributed by atoms with Crippen molar-refractivity contribution in [3.05, 3.63) is 58.6 Å². The summed E-state index contributed by atoms with van der Waals surface area (Å²) in [6, 6.07) is 14.1. The number of hydrogen-bond donors (Lipinski definition) is 3. The monoisotopic (exact) mass is 334 g/mol. The van der Waals surface area contributed by atoms with Crippen LogP contribution in [0.4, 0.5) is 10.5 Å². The number of carbonyl (C=O) groups excluding carboxylic acids is 1. The molecule has 2 rings (SSSR count). The standard InChI is InChI=1S/C15H15BrN2O2/c16-12-3-5-13(6-4-12)18-15(20)17-10-9-11-1-7-14(19)8-2-11/h1-8,19H,9-10H2,(H2,17,18,20). The Labute approximate surface area is 126 Å². The van der Waals surface area contributed by atoms with Crippen molar-refractivity contribution < 1.29 is 9.90 Å². The number of benzene rings is 2. The van der Waals surface area contributed by atoms with Crippen molar-refractivity contribution in [3.8, 4) is 5.75 Å². The van der Waals surface area contributed by atoms with E-state index in [2.05, 4.69) is 26.6 Å². The van der Waals surface area contributed by atoms with Gasteiger partial charge >= 0.3 is 6.03 Å². The molecule has 2 aromatic rings. The van der Waals surface area contributed by atoms with Gasteiger partial charge in [-0.1, -0.05) is 28.1 Å². The van der Waals surface area contributed by atoms with E-state index in [-0.39, 0.29) is 11.8 Å². The maximum absolute atomic E-state index is 11.7. The topological polar surface area (TPSA) is 61.4 Å². The molecule has 0 aromatic heterocycles. The number of anilines is 1. The third kappa shape index (κ3) is 4.59. The molecular formula is C15H15BrN2O2. The van der Waals surface area contributed by atoms with Gasteiger partial charge in [-0.15, -0.1) is 0 Å². The molecule has 0 spiro atoms. The molecule has 4 nitrogen and oxygen atoms in total. The lowest BCUT2D eigenvalue weighted by Crippen LogP contribution is -2.30. The largest absolute Gasteiger partial charge is 0.508 e. The van der Waals surface area contributed by atoms with E-state index >= 15 is 0 Å². The van der Waals surface area contributed by atoms with Crippen molar-refractivity contribution in [1.82, 2.24) is 5.32 Å².